The van der Waals surface area contributed by atoms with Gasteiger partial charge in [0.2, 0.25) is 0 Å². The van der Waals surface area contributed by atoms with Gasteiger partial charge in [0.25, 0.3) is 0 Å². The van der Waals surface area contributed by atoms with Crippen molar-refractivity contribution >= 4 is 141 Å². The van der Waals surface area contributed by atoms with Gasteiger partial charge >= 0.3 is 0 Å². The van der Waals surface area contributed by atoms with E-state index in [1.165, 1.54) is 115 Å². The Morgan fingerprint density at radius 2 is 0.521 bits per heavy atom. The molecule has 0 unspecified atom stereocenters. The normalized spacial score (nSPS) is 12.2. The number of hydrogen-bond acceptors (Lipinski definition) is 2. The molecule has 4 aromatic heterocycles. The Morgan fingerprint density at radius 3 is 1.03 bits per heavy atom. The first-order valence-electron chi connectivity index (χ1n) is 33.0. The molecule has 21 rings (SSSR count). The van der Waals surface area contributed by atoms with Gasteiger partial charge in [0.1, 0.15) is 22.3 Å². The molecule has 0 saturated carbocycles. The van der Waals surface area contributed by atoms with Gasteiger partial charge in [-0.2, -0.15) is 0 Å². The van der Waals surface area contributed by atoms with Crippen LogP contribution in [0.15, 0.2) is 324 Å². The average molecular weight is 1220 g/mol. The van der Waals surface area contributed by atoms with Gasteiger partial charge in [-0.3, -0.25) is 0 Å². The van der Waals surface area contributed by atoms with Crippen LogP contribution in [0.1, 0.15) is 0 Å². The first kappa shape index (κ1) is 52.8. The largest absolute Gasteiger partial charge is 0.455 e. The van der Waals surface area contributed by atoms with Gasteiger partial charge < -0.3 is 18.8 Å². The summed E-state index contributed by atoms with van der Waals surface area (Å²) < 4.78 is 13.8. The number of nitrogens with one attached hydrogen (secondary N) is 2. The highest BCUT2D eigenvalue weighted by atomic mass is 16.3. The van der Waals surface area contributed by atoms with Crippen molar-refractivity contribution in [1.29, 1.82) is 0 Å². The Morgan fingerprint density at radius 1 is 0.188 bits per heavy atom. The Kier molecular flexibility index (Phi) is 11.2. The van der Waals surface area contributed by atoms with Gasteiger partial charge in [-0.05, 0) is 157 Å². The zero-order valence-corrected chi connectivity index (χ0v) is 51.8. The molecule has 4 nitrogen and oxygen atoms in total. The van der Waals surface area contributed by atoms with Gasteiger partial charge in [0, 0.05) is 65.3 Å². The second-order valence-corrected chi connectivity index (χ2v) is 25.7. The fourth-order valence-corrected chi connectivity index (χ4v) is 16.7. The van der Waals surface area contributed by atoms with Crippen LogP contribution in [0.5, 0.6) is 0 Å². The van der Waals surface area contributed by atoms with Crippen molar-refractivity contribution in [3.05, 3.63) is 315 Å². The fraction of sp³-hybridized carbons (Fsp3) is 0. The maximum Gasteiger partial charge on any atom is 0.145 e. The lowest BCUT2D eigenvalue weighted by atomic mass is 9.83. The van der Waals surface area contributed by atoms with Crippen LogP contribution >= 0.6 is 0 Å². The highest BCUT2D eigenvalue weighted by Crippen LogP contribution is 2.52. The highest BCUT2D eigenvalue weighted by molar-refractivity contribution is 6.29. The van der Waals surface area contributed by atoms with E-state index in [4.69, 9.17) is 8.83 Å². The molecule has 17 aromatic carbocycles. The summed E-state index contributed by atoms with van der Waals surface area (Å²) in [5, 5.41) is 21.3. The molecule has 4 heteroatoms. The van der Waals surface area contributed by atoms with E-state index < -0.39 is 0 Å². The summed E-state index contributed by atoms with van der Waals surface area (Å²) >= 11 is 0. The number of para-hydroxylation sites is 3. The molecule has 96 heavy (non-hydrogen) atoms. The molecule has 0 fully saturated rings. The van der Waals surface area contributed by atoms with Crippen molar-refractivity contribution in [1.82, 2.24) is 9.97 Å². The molecule has 0 saturated heterocycles. The summed E-state index contributed by atoms with van der Waals surface area (Å²) in [5.41, 5.74) is 24.1. The Balaban J connectivity index is 0.718. The monoisotopic (exact) mass is 1220 g/mol. The topological polar surface area (TPSA) is 57.9 Å². The molecular formula is C92H54N2O2. The summed E-state index contributed by atoms with van der Waals surface area (Å²) in [6.07, 6.45) is 0. The SMILES string of the molecule is c1ccc(-c2c3ccccc3c(-c3ccc(-c4c5[nH]c6cccc(-c7cccc8c(-c9c%10ccccc%10c(-c%10ccc(-c%11c%12[nH]c%13ccccc%13c%12cc%12c%11oc%11ccccc%11%12)cc%10)c%10ccccc9%10)cccc78)c6c5cc5c4oc4ccccc45)cc3)c3ccccc23)cc1. The van der Waals surface area contributed by atoms with E-state index in [9.17, 15) is 0 Å². The smallest absolute Gasteiger partial charge is 0.145 e. The molecule has 2 N–H and O–H groups in total. The predicted octanol–water partition coefficient (Wildman–Crippen LogP) is 26.2. The third-order valence-corrected chi connectivity index (χ3v) is 20.7. The van der Waals surface area contributed by atoms with Crippen LogP contribution in [-0.2, 0) is 0 Å². The quantitative estimate of drug-likeness (QED) is 0.156. The molecule has 0 aliphatic rings. The van der Waals surface area contributed by atoms with Crippen LogP contribution in [0.25, 0.3) is 219 Å². The standard InChI is InChI=1S/C92H54N2O2/c1-2-21-53(22-3-1)82-66-26-4-6-28-68(66)83(69-29-7-5-27-67(69)82)54-45-49-57(50-46-54)86-90-77(52-76-63-25-14-17-42-81(63)96-92(76)86)88-65(38-20-40-79(88)94-90)60-36-18-35-59-58(60)34-19-37-64(59)87-72-32-10-8-30-70(72)84(71-31-9-11-33-73(71)87)55-43-47-56(48-44-55)85-89-74(61-23-12-15-39-78(61)93-89)51-75-62-24-13-16-41-80(62)95-91(75)85/h1-52,93-94H. The number of fused-ring (bicyclic) bond motifs is 17. The minimum atomic E-state index is 0.868. The first-order chi connectivity index (χ1) is 47.6. The summed E-state index contributed by atoms with van der Waals surface area (Å²) in [6, 6.07) is 116. The van der Waals surface area contributed by atoms with E-state index in [0.717, 1.165) is 105 Å². The van der Waals surface area contributed by atoms with Crippen molar-refractivity contribution in [3.63, 3.8) is 0 Å². The van der Waals surface area contributed by atoms with Crippen LogP contribution in [0.4, 0.5) is 0 Å². The molecule has 0 bridgehead atoms. The van der Waals surface area contributed by atoms with E-state index in [1.807, 2.05) is 0 Å². The molecule has 444 valence electrons. The highest BCUT2D eigenvalue weighted by Gasteiger charge is 2.26. The lowest BCUT2D eigenvalue weighted by molar-refractivity contribution is 0.670. The van der Waals surface area contributed by atoms with Crippen molar-refractivity contribution in [3.8, 4) is 77.9 Å². The predicted molar refractivity (Wildman–Crippen MR) is 405 cm³/mol. The van der Waals surface area contributed by atoms with Crippen molar-refractivity contribution < 1.29 is 8.83 Å². The number of H-pyrrole nitrogens is 2. The lowest BCUT2D eigenvalue weighted by Crippen LogP contribution is -1.92. The fourth-order valence-electron chi connectivity index (χ4n) is 16.7. The van der Waals surface area contributed by atoms with Gasteiger partial charge in [-0.1, -0.05) is 279 Å². The summed E-state index contributed by atoms with van der Waals surface area (Å²) in [7, 11) is 0. The zero-order valence-electron chi connectivity index (χ0n) is 51.8. The molecule has 0 aliphatic heterocycles. The first-order valence-corrected chi connectivity index (χ1v) is 33.0. The summed E-state index contributed by atoms with van der Waals surface area (Å²) in [5.74, 6) is 0. The number of hydrogen-bond donors (Lipinski definition) is 2. The summed E-state index contributed by atoms with van der Waals surface area (Å²) in [4.78, 5) is 7.83. The van der Waals surface area contributed by atoms with Crippen LogP contribution in [0, 0.1) is 0 Å². The lowest BCUT2D eigenvalue weighted by Gasteiger charge is -2.19. The average Bonchev–Trinajstić information content (AvgIpc) is 1.39. The van der Waals surface area contributed by atoms with Crippen LogP contribution in [0.3, 0.4) is 0 Å². The van der Waals surface area contributed by atoms with E-state index in [0.29, 0.717) is 0 Å². The van der Waals surface area contributed by atoms with Gasteiger partial charge in [-0.25, -0.2) is 0 Å². The molecule has 0 atom stereocenters. The van der Waals surface area contributed by atoms with Crippen LogP contribution < -0.4 is 0 Å². The number of benzene rings is 17. The van der Waals surface area contributed by atoms with Crippen molar-refractivity contribution in [2.45, 2.75) is 0 Å². The van der Waals surface area contributed by atoms with Crippen LogP contribution in [-0.4, -0.2) is 9.97 Å². The third-order valence-electron chi connectivity index (χ3n) is 20.7. The van der Waals surface area contributed by atoms with E-state index in [2.05, 4.69) is 325 Å². The minimum absolute atomic E-state index is 0.868. The van der Waals surface area contributed by atoms with E-state index in [-0.39, 0.29) is 0 Å². The molecule has 0 amide bonds. The second kappa shape index (κ2) is 20.4. The van der Waals surface area contributed by atoms with Crippen molar-refractivity contribution in [2.75, 3.05) is 0 Å². The van der Waals surface area contributed by atoms with Crippen LogP contribution in [0.2, 0.25) is 0 Å². The van der Waals surface area contributed by atoms with Gasteiger partial charge in [0.15, 0.2) is 0 Å². The minimum Gasteiger partial charge on any atom is -0.455 e. The molecule has 0 aliphatic carbocycles. The maximum absolute atomic E-state index is 6.99. The number of aromatic amines is 2. The third kappa shape index (κ3) is 7.61. The number of aromatic nitrogens is 2. The van der Waals surface area contributed by atoms with Gasteiger partial charge in [-0.15, -0.1) is 0 Å². The number of furan rings is 2. The second-order valence-electron chi connectivity index (χ2n) is 25.7. The molecule has 0 spiro atoms. The Bertz CT molecular complexity index is 6660. The molecular weight excluding hydrogens is 1170 g/mol. The van der Waals surface area contributed by atoms with E-state index in [1.54, 1.807) is 0 Å². The Hall–Kier alpha value is -12.8. The molecule has 21 aromatic rings. The van der Waals surface area contributed by atoms with Gasteiger partial charge in [0.05, 0.1) is 11.0 Å². The number of rotatable bonds is 7. The Labute approximate surface area is 550 Å². The van der Waals surface area contributed by atoms with Crippen molar-refractivity contribution in [2.24, 2.45) is 0 Å². The summed E-state index contributed by atoms with van der Waals surface area (Å²) in [6.45, 7) is 0. The maximum atomic E-state index is 6.99. The molecule has 4 heterocycles. The molecule has 0 radical (unpaired) electrons. The van der Waals surface area contributed by atoms with E-state index >= 15 is 0 Å². The zero-order chi connectivity index (χ0) is 62.7.